The number of fused-ring (bicyclic) bond motifs is 6. The van der Waals surface area contributed by atoms with Crippen LogP contribution in [0.4, 0.5) is 0 Å². The van der Waals surface area contributed by atoms with Gasteiger partial charge in [-0.05, 0) is 86.8 Å². The van der Waals surface area contributed by atoms with Crippen molar-refractivity contribution in [2.24, 2.45) is 33.7 Å². The number of ether oxygens (including phenoxy) is 1. The Balaban J connectivity index is 1.19. The van der Waals surface area contributed by atoms with Crippen LogP contribution in [-0.4, -0.2) is 62.3 Å². The molecule has 9 heteroatoms. The fourth-order valence-electron chi connectivity index (χ4n) is 9.82. The zero-order valence-electron chi connectivity index (χ0n) is 24.0. The Labute approximate surface area is 245 Å². The highest BCUT2D eigenvalue weighted by atomic mass is 16.5. The van der Waals surface area contributed by atoms with E-state index in [2.05, 4.69) is 22.4 Å². The third-order valence-corrected chi connectivity index (χ3v) is 11.9. The van der Waals surface area contributed by atoms with Crippen LogP contribution in [0.3, 0.4) is 0 Å². The van der Waals surface area contributed by atoms with Crippen molar-refractivity contribution >= 4 is 29.0 Å². The van der Waals surface area contributed by atoms with Crippen molar-refractivity contribution in [1.82, 2.24) is 10.4 Å². The second kappa shape index (κ2) is 9.69. The molecule has 2 aromatic rings. The Hall–Kier alpha value is -3.14. The largest absolute Gasteiger partial charge is 0.458 e. The number of nitrogens with one attached hydrogen (secondary N) is 1. The smallest absolute Gasteiger partial charge is 0.331 e. The molecule has 222 valence electrons. The number of pyridine rings is 1. The summed E-state index contributed by atoms with van der Waals surface area (Å²) >= 11 is 0. The minimum atomic E-state index is -1.20. The highest BCUT2D eigenvalue weighted by molar-refractivity contribution is 5.95. The molecular weight excluding hydrogens is 534 g/mol. The SMILES string of the molecule is CC12CCC3C(CCC4(O)CC(O)CCC34C=NNC(=O)c3ccc4ccccc4n3)C1(O)CCC2C1=CC(=O)OC1. The molecule has 4 saturated carbocycles. The summed E-state index contributed by atoms with van der Waals surface area (Å²) in [5, 5.41) is 40.7. The Kier molecular flexibility index (Phi) is 6.39. The minimum Gasteiger partial charge on any atom is -0.458 e. The molecule has 1 aromatic heterocycles. The number of cyclic esters (lactones) is 1. The monoisotopic (exact) mass is 573 g/mol. The topological polar surface area (TPSA) is 141 Å². The van der Waals surface area contributed by atoms with E-state index in [9.17, 15) is 24.9 Å². The van der Waals surface area contributed by atoms with E-state index in [4.69, 9.17) is 4.74 Å². The van der Waals surface area contributed by atoms with Crippen LogP contribution < -0.4 is 5.43 Å². The molecule has 7 rings (SSSR count). The normalized spacial score (nSPS) is 41.1. The number of aliphatic hydroxyl groups excluding tert-OH is 1. The number of rotatable bonds is 4. The lowest BCUT2D eigenvalue weighted by molar-refractivity contribution is -0.237. The lowest BCUT2D eigenvalue weighted by Gasteiger charge is -2.65. The van der Waals surface area contributed by atoms with Gasteiger partial charge in [-0.2, -0.15) is 5.10 Å². The van der Waals surface area contributed by atoms with Gasteiger partial charge >= 0.3 is 5.97 Å². The number of hydrogen-bond donors (Lipinski definition) is 4. The number of aliphatic hydroxyl groups is 3. The van der Waals surface area contributed by atoms with E-state index >= 15 is 0 Å². The van der Waals surface area contributed by atoms with Gasteiger partial charge in [0.2, 0.25) is 0 Å². The molecule has 0 saturated heterocycles. The van der Waals surface area contributed by atoms with Crippen LogP contribution in [-0.2, 0) is 9.53 Å². The lowest BCUT2D eigenvalue weighted by Crippen LogP contribution is -2.68. The van der Waals surface area contributed by atoms with Crippen LogP contribution in [0.2, 0.25) is 0 Å². The number of nitrogens with zero attached hydrogens (tertiary/aromatic N) is 2. The van der Waals surface area contributed by atoms with Crippen LogP contribution in [0.5, 0.6) is 0 Å². The number of amides is 1. The van der Waals surface area contributed by atoms with Crippen LogP contribution >= 0.6 is 0 Å². The number of esters is 1. The molecule has 1 amide bonds. The van der Waals surface area contributed by atoms with Gasteiger partial charge < -0.3 is 20.1 Å². The predicted octanol–water partition coefficient (Wildman–Crippen LogP) is 3.66. The van der Waals surface area contributed by atoms with Gasteiger partial charge in [0.15, 0.2) is 0 Å². The van der Waals surface area contributed by atoms with Crippen LogP contribution in [0.25, 0.3) is 10.9 Å². The molecule has 5 aliphatic rings. The first kappa shape index (κ1) is 27.7. The number of hydrazone groups is 1. The molecule has 1 aliphatic heterocycles. The van der Waals surface area contributed by atoms with Crippen molar-refractivity contribution in [1.29, 1.82) is 0 Å². The molecule has 4 fully saturated rings. The number of hydrogen-bond acceptors (Lipinski definition) is 8. The average molecular weight is 574 g/mol. The van der Waals surface area contributed by atoms with E-state index in [1.54, 1.807) is 18.4 Å². The van der Waals surface area contributed by atoms with Crippen molar-refractivity contribution < 1.29 is 29.6 Å². The van der Waals surface area contributed by atoms with E-state index in [1.165, 1.54) is 0 Å². The molecule has 1 aromatic carbocycles. The number of para-hydroxylation sites is 1. The lowest BCUT2D eigenvalue weighted by atomic mass is 9.41. The first-order valence-electron chi connectivity index (χ1n) is 15.3. The zero-order chi connectivity index (χ0) is 29.3. The van der Waals surface area contributed by atoms with Gasteiger partial charge in [0, 0.05) is 34.9 Å². The molecule has 8 unspecified atom stereocenters. The molecule has 9 nitrogen and oxygen atoms in total. The van der Waals surface area contributed by atoms with E-state index < -0.39 is 34.0 Å². The Bertz CT molecular complexity index is 1510. The van der Waals surface area contributed by atoms with Crippen molar-refractivity contribution in [2.45, 2.75) is 82.0 Å². The zero-order valence-corrected chi connectivity index (χ0v) is 24.0. The summed E-state index contributed by atoms with van der Waals surface area (Å²) in [6.45, 7) is 2.46. The molecule has 0 bridgehead atoms. The molecule has 2 heterocycles. The molecule has 42 heavy (non-hydrogen) atoms. The Morgan fingerprint density at radius 1 is 1.05 bits per heavy atom. The summed E-state index contributed by atoms with van der Waals surface area (Å²) in [5.74, 6) is -0.829. The standard InChI is InChI=1S/C33H39N3O6/c1-30-12-9-24-25(33(30,41)15-11-23(30)21-16-28(38)42-18-21)10-14-32(40)17-22(37)8-13-31(24,32)19-34-36-29(39)27-7-6-20-4-2-3-5-26(20)35-27/h2-7,16,19,22-25,37,40-41H,8-15,17-18H2,1H3,(H,36,39). The third-order valence-electron chi connectivity index (χ3n) is 11.9. The van der Waals surface area contributed by atoms with Crippen LogP contribution in [0.1, 0.15) is 75.2 Å². The van der Waals surface area contributed by atoms with Crippen molar-refractivity contribution in [3.05, 3.63) is 53.7 Å². The Morgan fingerprint density at radius 2 is 1.86 bits per heavy atom. The maximum atomic E-state index is 13.1. The van der Waals surface area contributed by atoms with E-state index in [-0.39, 0.29) is 35.8 Å². The minimum absolute atomic E-state index is 0.0715. The molecule has 0 spiro atoms. The van der Waals surface area contributed by atoms with Crippen molar-refractivity contribution in [3.8, 4) is 0 Å². The quantitative estimate of drug-likeness (QED) is 0.249. The third kappa shape index (κ3) is 3.93. The van der Waals surface area contributed by atoms with Crippen molar-refractivity contribution in [2.75, 3.05) is 6.61 Å². The molecular formula is C33H39N3O6. The number of aromatic nitrogens is 1. The summed E-state index contributed by atoms with van der Waals surface area (Å²) in [6.07, 6.45) is 8.00. The fraction of sp³-hybridized carbons (Fsp3) is 0.576. The highest BCUT2D eigenvalue weighted by Crippen LogP contribution is 2.70. The molecule has 8 atom stereocenters. The van der Waals surface area contributed by atoms with E-state index in [1.807, 2.05) is 30.3 Å². The van der Waals surface area contributed by atoms with Gasteiger partial charge in [0.25, 0.3) is 5.91 Å². The maximum absolute atomic E-state index is 13.1. The second-order valence-corrected chi connectivity index (χ2v) is 13.6. The number of carbonyl (C=O) groups is 2. The summed E-state index contributed by atoms with van der Waals surface area (Å²) in [7, 11) is 0. The maximum Gasteiger partial charge on any atom is 0.331 e. The van der Waals surface area contributed by atoms with Gasteiger partial charge in [-0.1, -0.05) is 31.2 Å². The van der Waals surface area contributed by atoms with Crippen LogP contribution in [0, 0.1) is 28.6 Å². The summed E-state index contributed by atoms with van der Waals surface area (Å²) < 4.78 is 5.24. The van der Waals surface area contributed by atoms with Gasteiger partial charge in [-0.25, -0.2) is 15.2 Å². The van der Waals surface area contributed by atoms with Gasteiger partial charge in [-0.3, -0.25) is 4.79 Å². The first-order chi connectivity index (χ1) is 20.1. The summed E-state index contributed by atoms with van der Waals surface area (Å²) in [5.41, 5.74) is 1.22. The van der Waals surface area contributed by atoms with Gasteiger partial charge in [-0.15, -0.1) is 0 Å². The molecule has 4 aliphatic carbocycles. The van der Waals surface area contributed by atoms with Gasteiger partial charge in [0.05, 0.1) is 22.8 Å². The molecule has 0 radical (unpaired) electrons. The second-order valence-electron chi connectivity index (χ2n) is 13.6. The van der Waals surface area contributed by atoms with E-state index in [0.717, 1.165) is 35.7 Å². The van der Waals surface area contributed by atoms with Crippen molar-refractivity contribution in [3.63, 3.8) is 0 Å². The fourth-order valence-corrected chi connectivity index (χ4v) is 9.82. The van der Waals surface area contributed by atoms with E-state index in [0.29, 0.717) is 38.7 Å². The summed E-state index contributed by atoms with van der Waals surface area (Å²) in [6, 6.07) is 11.1. The predicted molar refractivity (Wildman–Crippen MR) is 155 cm³/mol. The highest BCUT2D eigenvalue weighted by Gasteiger charge is 2.71. The number of benzene rings is 1. The molecule has 4 N–H and O–H groups in total. The average Bonchev–Trinajstić information content (AvgIpc) is 3.52. The van der Waals surface area contributed by atoms with Crippen LogP contribution in [0.15, 0.2) is 53.1 Å². The Morgan fingerprint density at radius 3 is 2.67 bits per heavy atom. The first-order valence-corrected chi connectivity index (χ1v) is 15.3. The summed E-state index contributed by atoms with van der Waals surface area (Å²) in [4.78, 5) is 29.4. The number of carbonyl (C=O) groups excluding carboxylic acids is 2. The van der Waals surface area contributed by atoms with Gasteiger partial charge in [0.1, 0.15) is 12.3 Å².